The van der Waals surface area contributed by atoms with Crippen LogP contribution in [0, 0.1) is 6.92 Å². The Hall–Kier alpha value is -0.930. The van der Waals surface area contributed by atoms with Crippen molar-refractivity contribution in [2.75, 3.05) is 13.6 Å². The number of hydrogen-bond donors (Lipinski definition) is 1. The summed E-state index contributed by atoms with van der Waals surface area (Å²) in [6.45, 7) is 6.28. The van der Waals surface area contributed by atoms with Crippen molar-refractivity contribution in [3.05, 3.63) is 29.6 Å². The predicted molar refractivity (Wildman–Crippen MR) is 80.2 cm³/mol. The van der Waals surface area contributed by atoms with Gasteiger partial charge >= 0.3 is 0 Å². The molecular formula is C16H27N3. The highest BCUT2D eigenvalue weighted by Crippen LogP contribution is 2.23. The molecule has 0 bridgehead atoms. The van der Waals surface area contributed by atoms with Crippen molar-refractivity contribution in [2.24, 2.45) is 0 Å². The Morgan fingerprint density at radius 2 is 2.11 bits per heavy atom. The smallest absolute Gasteiger partial charge is 0.0547 e. The summed E-state index contributed by atoms with van der Waals surface area (Å²) in [7, 11) is 2.24. The largest absolute Gasteiger partial charge is 0.313 e. The first-order valence-electron chi connectivity index (χ1n) is 7.57. The lowest BCUT2D eigenvalue weighted by Gasteiger charge is -2.38. The van der Waals surface area contributed by atoms with Gasteiger partial charge in [0, 0.05) is 24.3 Å². The third kappa shape index (κ3) is 4.02. The van der Waals surface area contributed by atoms with Crippen molar-refractivity contribution < 1.29 is 0 Å². The molecule has 106 valence electrons. The lowest BCUT2D eigenvalue weighted by Crippen LogP contribution is -2.50. The second-order valence-corrected chi connectivity index (χ2v) is 5.70. The third-order valence-electron chi connectivity index (χ3n) is 4.12. The molecule has 0 radical (unpaired) electrons. The Balaban J connectivity index is 1.99. The normalized spacial score (nSPS) is 23.8. The van der Waals surface area contributed by atoms with E-state index in [4.69, 9.17) is 0 Å². The van der Waals surface area contributed by atoms with Crippen LogP contribution < -0.4 is 5.32 Å². The van der Waals surface area contributed by atoms with E-state index < -0.39 is 0 Å². The summed E-state index contributed by atoms with van der Waals surface area (Å²) < 4.78 is 0. The highest BCUT2D eigenvalue weighted by molar-refractivity contribution is 5.10. The molecule has 3 heteroatoms. The molecule has 0 spiro atoms. The van der Waals surface area contributed by atoms with Gasteiger partial charge in [-0.25, -0.2) is 0 Å². The second-order valence-electron chi connectivity index (χ2n) is 5.70. The molecule has 1 heterocycles. The van der Waals surface area contributed by atoms with Crippen LogP contribution >= 0.6 is 0 Å². The van der Waals surface area contributed by atoms with E-state index in [-0.39, 0.29) is 0 Å². The van der Waals surface area contributed by atoms with E-state index in [1.165, 1.54) is 31.4 Å². The molecule has 1 aromatic rings. The zero-order valence-corrected chi connectivity index (χ0v) is 12.5. The summed E-state index contributed by atoms with van der Waals surface area (Å²) in [5.74, 6) is 0. The average Bonchev–Trinajstić information content (AvgIpc) is 2.39. The lowest BCUT2D eigenvalue weighted by molar-refractivity contribution is 0.143. The van der Waals surface area contributed by atoms with Crippen molar-refractivity contribution in [2.45, 2.75) is 58.2 Å². The Morgan fingerprint density at radius 1 is 1.32 bits per heavy atom. The predicted octanol–water partition coefficient (Wildman–Crippen LogP) is 2.74. The average molecular weight is 261 g/mol. The maximum absolute atomic E-state index is 4.62. The summed E-state index contributed by atoms with van der Waals surface area (Å²) in [6.07, 6.45) is 5.34. The van der Waals surface area contributed by atoms with E-state index >= 15 is 0 Å². The Bertz CT molecular complexity index is 389. The first-order valence-corrected chi connectivity index (χ1v) is 7.57. The molecule has 0 amide bonds. The maximum atomic E-state index is 4.62. The number of nitrogens with zero attached hydrogens (tertiary/aromatic N) is 2. The minimum absolute atomic E-state index is 0.647. The molecule has 1 N–H and O–H groups in total. The number of rotatable bonds is 5. The molecule has 2 atom stereocenters. The number of hydrogen-bond acceptors (Lipinski definition) is 3. The van der Waals surface area contributed by atoms with Crippen molar-refractivity contribution in [3.63, 3.8) is 0 Å². The SMILES string of the molecule is CCNC1CCCCC1N(C)Cc1cccc(C)n1. The molecule has 0 saturated heterocycles. The summed E-state index contributed by atoms with van der Waals surface area (Å²) in [6, 6.07) is 7.60. The maximum Gasteiger partial charge on any atom is 0.0547 e. The number of pyridine rings is 1. The summed E-state index contributed by atoms with van der Waals surface area (Å²) >= 11 is 0. The molecule has 1 aromatic heterocycles. The van der Waals surface area contributed by atoms with Crippen molar-refractivity contribution >= 4 is 0 Å². The Morgan fingerprint density at radius 3 is 2.84 bits per heavy atom. The zero-order valence-electron chi connectivity index (χ0n) is 12.5. The van der Waals surface area contributed by atoms with Crippen molar-refractivity contribution in [3.8, 4) is 0 Å². The highest BCUT2D eigenvalue weighted by atomic mass is 15.2. The molecule has 1 aliphatic rings. The Kier molecular flexibility index (Phi) is 5.34. The fraction of sp³-hybridized carbons (Fsp3) is 0.688. The first kappa shape index (κ1) is 14.5. The van der Waals surface area contributed by atoms with Gasteiger partial charge in [0.25, 0.3) is 0 Å². The van der Waals surface area contributed by atoms with Gasteiger partial charge in [0.05, 0.1) is 5.69 Å². The van der Waals surface area contributed by atoms with Gasteiger partial charge in [-0.2, -0.15) is 0 Å². The fourth-order valence-corrected chi connectivity index (χ4v) is 3.20. The monoisotopic (exact) mass is 261 g/mol. The minimum Gasteiger partial charge on any atom is -0.313 e. The van der Waals surface area contributed by atoms with Crippen LogP contribution in [-0.2, 0) is 6.54 Å². The second kappa shape index (κ2) is 7.01. The Labute approximate surface area is 117 Å². The van der Waals surface area contributed by atoms with E-state index in [0.29, 0.717) is 12.1 Å². The van der Waals surface area contributed by atoms with Gasteiger partial charge in [0.15, 0.2) is 0 Å². The minimum atomic E-state index is 0.647. The molecule has 3 nitrogen and oxygen atoms in total. The van der Waals surface area contributed by atoms with Gasteiger partial charge in [0.2, 0.25) is 0 Å². The lowest BCUT2D eigenvalue weighted by atomic mass is 9.89. The van der Waals surface area contributed by atoms with Crippen LogP contribution in [0.3, 0.4) is 0 Å². The molecule has 1 saturated carbocycles. The molecule has 0 aliphatic heterocycles. The number of likely N-dealkylation sites (N-methyl/N-ethyl adjacent to an activating group) is 2. The standard InChI is InChI=1S/C16H27N3/c1-4-17-15-10-5-6-11-16(15)19(3)12-14-9-7-8-13(2)18-14/h7-9,15-17H,4-6,10-12H2,1-3H3. The van der Waals surface area contributed by atoms with Crippen LogP contribution in [0.4, 0.5) is 0 Å². The van der Waals surface area contributed by atoms with Crippen LogP contribution in [0.25, 0.3) is 0 Å². The molecule has 2 unspecified atom stereocenters. The van der Waals surface area contributed by atoms with Gasteiger partial charge in [-0.3, -0.25) is 9.88 Å². The number of aromatic nitrogens is 1. The molecule has 0 aromatic carbocycles. The van der Waals surface area contributed by atoms with E-state index in [2.05, 4.69) is 54.3 Å². The molecule has 1 fully saturated rings. The van der Waals surface area contributed by atoms with E-state index in [9.17, 15) is 0 Å². The summed E-state index contributed by atoms with van der Waals surface area (Å²) in [5, 5.41) is 3.65. The molecule has 2 rings (SSSR count). The quantitative estimate of drug-likeness (QED) is 0.883. The van der Waals surface area contributed by atoms with Crippen molar-refractivity contribution in [1.82, 2.24) is 15.2 Å². The highest BCUT2D eigenvalue weighted by Gasteiger charge is 2.27. The van der Waals surface area contributed by atoms with Gasteiger partial charge in [0.1, 0.15) is 0 Å². The fourth-order valence-electron chi connectivity index (χ4n) is 3.20. The molecule has 19 heavy (non-hydrogen) atoms. The van der Waals surface area contributed by atoms with Gasteiger partial charge in [-0.1, -0.05) is 25.8 Å². The van der Waals surface area contributed by atoms with E-state index in [0.717, 1.165) is 18.8 Å². The van der Waals surface area contributed by atoms with Gasteiger partial charge < -0.3 is 5.32 Å². The topological polar surface area (TPSA) is 28.2 Å². The molecule has 1 aliphatic carbocycles. The molecular weight excluding hydrogens is 234 g/mol. The van der Waals surface area contributed by atoms with Gasteiger partial charge in [-0.15, -0.1) is 0 Å². The van der Waals surface area contributed by atoms with Gasteiger partial charge in [-0.05, 0) is 45.5 Å². The number of aryl methyl sites for hydroxylation is 1. The van der Waals surface area contributed by atoms with Crippen LogP contribution in [0.5, 0.6) is 0 Å². The first-order chi connectivity index (χ1) is 9.20. The summed E-state index contributed by atoms with van der Waals surface area (Å²) in [4.78, 5) is 7.10. The third-order valence-corrected chi connectivity index (χ3v) is 4.12. The van der Waals surface area contributed by atoms with Crippen LogP contribution in [-0.4, -0.2) is 35.6 Å². The summed E-state index contributed by atoms with van der Waals surface area (Å²) in [5.41, 5.74) is 2.29. The van der Waals surface area contributed by atoms with Crippen LogP contribution in [0.2, 0.25) is 0 Å². The van der Waals surface area contributed by atoms with Crippen LogP contribution in [0.1, 0.15) is 44.0 Å². The van der Waals surface area contributed by atoms with E-state index in [1.54, 1.807) is 0 Å². The van der Waals surface area contributed by atoms with Crippen LogP contribution in [0.15, 0.2) is 18.2 Å². The zero-order chi connectivity index (χ0) is 13.7. The van der Waals surface area contributed by atoms with E-state index in [1.807, 2.05) is 0 Å². The van der Waals surface area contributed by atoms with Crippen molar-refractivity contribution in [1.29, 1.82) is 0 Å². The number of nitrogens with one attached hydrogen (secondary N) is 1.